The fourth-order valence-electron chi connectivity index (χ4n) is 4.25. The first-order valence-corrected chi connectivity index (χ1v) is 10.2. The Balaban J connectivity index is 1.88. The van der Waals surface area contributed by atoms with Crippen LogP contribution < -0.4 is 15.6 Å². The number of aromatic carboxylic acids is 1. The zero-order valence-electron chi connectivity index (χ0n) is 16.6. The first-order chi connectivity index (χ1) is 14.2. The fraction of sp³-hybridized carbons (Fsp3) is 0.524. The summed E-state index contributed by atoms with van der Waals surface area (Å²) in [6.07, 6.45) is -0.974. The summed E-state index contributed by atoms with van der Waals surface area (Å²) in [5.74, 6) is -1.18. The summed E-state index contributed by atoms with van der Waals surface area (Å²) < 4.78 is 43.4. The maximum Gasteiger partial charge on any atom is 0.418 e. The second-order valence-corrected chi connectivity index (χ2v) is 8.11. The van der Waals surface area contributed by atoms with Gasteiger partial charge in [0.1, 0.15) is 5.56 Å². The number of halogens is 3. The second-order valence-electron chi connectivity index (χ2n) is 8.11. The molecule has 0 amide bonds. The summed E-state index contributed by atoms with van der Waals surface area (Å²) in [5, 5.41) is 12.4. The van der Waals surface area contributed by atoms with Gasteiger partial charge in [-0.15, -0.1) is 0 Å². The van der Waals surface area contributed by atoms with E-state index in [9.17, 15) is 27.9 Å². The maximum atomic E-state index is 13.9. The van der Waals surface area contributed by atoms with Crippen molar-refractivity contribution >= 4 is 22.6 Å². The van der Waals surface area contributed by atoms with E-state index in [1.165, 1.54) is 12.3 Å². The third-order valence-electron chi connectivity index (χ3n) is 5.94. The smallest absolute Gasteiger partial charge is 0.418 e. The lowest BCUT2D eigenvalue weighted by Crippen LogP contribution is -2.28. The number of fused-ring (bicyclic) bond motifs is 1. The van der Waals surface area contributed by atoms with E-state index in [1.807, 2.05) is 6.92 Å². The Hall–Kier alpha value is -2.55. The zero-order valence-corrected chi connectivity index (χ0v) is 16.6. The lowest BCUT2D eigenvalue weighted by Gasteiger charge is -2.25. The molecule has 1 aliphatic heterocycles. The molecule has 162 valence electrons. The van der Waals surface area contributed by atoms with E-state index < -0.39 is 28.7 Å². The quantitative estimate of drug-likeness (QED) is 0.744. The predicted octanol–water partition coefficient (Wildman–Crippen LogP) is 3.49. The number of rotatable bonds is 6. The normalized spacial score (nSPS) is 19.6. The van der Waals surface area contributed by atoms with E-state index in [0.717, 1.165) is 38.4 Å². The van der Waals surface area contributed by atoms with Crippen molar-refractivity contribution in [1.82, 2.24) is 9.88 Å². The average Bonchev–Trinajstić information content (AvgIpc) is 3.42. The van der Waals surface area contributed by atoms with Crippen molar-refractivity contribution in [3.05, 3.63) is 39.7 Å². The van der Waals surface area contributed by atoms with Crippen LogP contribution in [-0.2, 0) is 6.18 Å². The van der Waals surface area contributed by atoms with Crippen LogP contribution >= 0.6 is 0 Å². The van der Waals surface area contributed by atoms with Crippen LogP contribution in [0.25, 0.3) is 10.9 Å². The standard InChI is InChI=1S/C21H24F3N3O3/c1-2-25-9-12-5-6-26(10-12)18-8-17-14(7-16(18)21(22,23)24)19(28)15(20(29)30)11-27(17)13-3-4-13/h7-8,11-13,25H,2-6,9-10H2,1H3,(H,29,30). The van der Waals surface area contributed by atoms with Crippen LogP contribution in [0.1, 0.15) is 48.1 Å². The minimum absolute atomic E-state index is 0.0101. The van der Waals surface area contributed by atoms with E-state index in [-0.39, 0.29) is 23.0 Å². The van der Waals surface area contributed by atoms with Gasteiger partial charge in [-0.2, -0.15) is 13.2 Å². The molecule has 1 saturated heterocycles. The molecule has 0 spiro atoms. The molecule has 1 unspecified atom stereocenters. The molecule has 9 heteroatoms. The van der Waals surface area contributed by atoms with Crippen LogP contribution in [0, 0.1) is 5.92 Å². The summed E-state index contributed by atoms with van der Waals surface area (Å²) in [4.78, 5) is 25.9. The molecular formula is C21H24F3N3O3. The monoisotopic (exact) mass is 423 g/mol. The molecule has 6 nitrogen and oxygen atoms in total. The molecule has 0 bridgehead atoms. The number of anilines is 1. The van der Waals surface area contributed by atoms with Gasteiger partial charge < -0.3 is 19.9 Å². The minimum Gasteiger partial charge on any atom is -0.477 e. The molecule has 2 aromatic rings. The molecule has 4 rings (SSSR count). The molecule has 2 N–H and O–H groups in total. The van der Waals surface area contributed by atoms with E-state index >= 15 is 0 Å². The molecule has 1 aliphatic carbocycles. The highest BCUT2D eigenvalue weighted by Crippen LogP contribution is 2.42. The lowest BCUT2D eigenvalue weighted by atomic mass is 10.0. The van der Waals surface area contributed by atoms with Gasteiger partial charge in [0.15, 0.2) is 0 Å². The topological polar surface area (TPSA) is 74.6 Å². The van der Waals surface area contributed by atoms with Gasteiger partial charge in [-0.3, -0.25) is 4.79 Å². The van der Waals surface area contributed by atoms with E-state index in [1.54, 1.807) is 9.47 Å². The van der Waals surface area contributed by atoms with Gasteiger partial charge in [-0.25, -0.2) is 4.79 Å². The summed E-state index contributed by atoms with van der Waals surface area (Å²) >= 11 is 0. The Kier molecular flexibility index (Phi) is 5.25. The van der Waals surface area contributed by atoms with Gasteiger partial charge in [-0.1, -0.05) is 6.92 Å². The third-order valence-corrected chi connectivity index (χ3v) is 5.94. The van der Waals surface area contributed by atoms with Crippen molar-refractivity contribution in [2.45, 2.75) is 38.4 Å². The lowest BCUT2D eigenvalue weighted by molar-refractivity contribution is -0.137. The Bertz CT molecular complexity index is 1040. The predicted molar refractivity (Wildman–Crippen MR) is 107 cm³/mol. The number of carboxylic acid groups (broad SMARTS) is 1. The van der Waals surface area contributed by atoms with Crippen LogP contribution in [-0.4, -0.2) is 41.8 Å². The van der Waals surface area contributed by atoms with Crippen molar-refractivity contribution in [3.63, 3.8) is 0 Å². The van der Waals surface area contributed by atoms with Crippen LogP contribution in [0.2, 0.25) is 0 Å². The molecule has 1 saturated carbocycles. The summed E-state index contributed by atoms with van der Waals surface area (Å²) in [5.41, 5.74) is -1.84. The number of aromatic nitrogens is 1. The molecular weight excluding hydrogens is 399 g/mol. The van der Waals surface area contributed by atoms with Crippen LogP contribution in [0.3, 0.4) is 0 Å². The number of alkyl halides is 3. The molecule has 30 heavy (non-hydrogen) atoms. The number of nitrogens with zero attached hydrogens (tertiary/aromatic N) is 2. The highest BCUT2D eigenvalue weighted by molar-refractivity contribution is 5.94. The van der Waals surface area contributed by atoms with Gasteiger partial charge in [0.2, 0.25) is 5.43 Å². The number of hydrogen-bond acceptors (Lipinski definition) is 4. The minimum atomic E-state index is -4.65. The van der Waals surface area contributed by atoms with Gasteiger partial charge in [0.25, 0.3) is 0 Å². The highest BCUT2D eigenvalue weighted by Gasteiger charge is 2.38. The van der Waals surface area contributed by atoms with Crippen LogP contribution in [0.15, 0.2) is 23.1 Å². The Morgan fingerprint density at radius 3 is 2.60 bits per heavy atom. The average molecular weight is 423 g/mol. The Labute approximate surface area is 171 Å². The first kappa shape index (κ1) is 20.7. The van der Waals surface area contributed by atoms with E-state index in [2.05, 4.69) is 5.32 Å². The molecule has 0 radical (unpaired) electrons. The number of carbonyl (C=O) groups is 1. The van der Waals surface area contributed by atoms with Gasteiger partial charge in [-0.05, 0) is 50.4 Å². The number of nitrogens with one attached hydrogen (secondary N) is 1. The van der Waals surface area contributed by atoms with Gasteiger partial charge in [0, 0.05) is 30.7 Å². The second kappa shape index (κ2) is 7.61. The molecule has 1 aromatic heterocycles. The summed E-state index contributed by atoms with van der Waals surface area (Å²) in [6, 6.07) is 2.28. The van der Waals surface area contributed by atoms with Crippen molar-refractivity contribution in [2.24, 2.45) is 5.92 Å². The van der Waals surface area contributed by atoms with Crippen LogP contribution in [0.5, 0.6) is 0 Å². The summed E-state index contributed by atoms with van der Waals surface area (Å²) in [7, 11) is 0. The SMILES string of the molecule is CCNCC1CCN(c2cc3c(cc2C(F)(F)F)c(=O)c(C(=O)O)cn3C2CC2)C1. The van der Waals surface area contributed by atoms with Crippen molar-refractivity contribution in [1.29, 1.82) is 0 Å². The van der Waals surface area contributed by atoms with E-state index in [4.69, 9.17) is 0 Å². The molecule has 2 heterocycles. The number of pyridine rings is 1. The van der Waals surface area contributed by atoms with Crippen molar-refractivity contribution in [2.75, 3.05) is 31.1 Å². The maximum absolute atomic E-state index is 13.9. The van der Waals surface area contributed by atoms with E-state index in [0.29, 0.717) is 18.6 Å². The number of benzene rings is 1. The van der Waals surface area contributed by atoms with Crippen molar-refractivity contribution < 1.29 is 23.1 Å². The van der Waals surface area contributed by atoms with Gasteiger partial charge >= 0.3 is 12.1 Å². The van der Waals surface area contributed by atoms with Crippen LogP contribution in [0.4, 0.5) is 18.9 Å². The number of carboxylic acids is 1. The fourth-order valence-corrected chi connectivity index (χ4v) is 4.25. The first-order valence-electron chi connectivity index (χ1n) is 10.2. The largest absolute Gasteiger partial charge is 0.477 e. The molecule has 2 aliphatic rings. The summed E-state index contributed by atoms with van der Waals surface area (Å²) in [6.45, 7) is 4.55. The molecule has 1 atom stereocenters. The Morgan fingerprint density at radius 1 is 1.27 bits per heavy atom. The Morgan fingerprint density at radius 2 is 2.00 bits per heavy atom. The third kappa shape index (κ3) is 3.78. The highest BCUT2D eigenvalue weighted by atomic mass is 19.4. The molecule has 2 fully saturated rings. The molecule has 1 aromatic carbocycles. The zero-order chi connectivity index (χ0) is 21.6. The van der Waals surface area contributed by atoms with Gasteiger partial charge in [0.05, 0.1) is 16.8 Å². The number of hydrogen-bond donors (Lipinski definition) is 2. The van der Waals surface area contributed by atoms with Crippen molar-refractivity contribution in [3.8, 4) is 0 Å².